The first-order valence-corrected chi connectivity index (χ1v) is 7.67. The highest BCUT2D eigenvalue weighted by Gasteiger charge is 2.39. The first-order valence-electron chi connectivity index (χ1n) is 7.67. The molecule has 0 unspecified atom stereocenters. The van der Waals surface area contributed by atoms with E-state index in [1.165, 1.54) is 0 Å². The van der Waals surface area contributed by atoms with E-state index in [4.69, 9.17) is 9.84 Å². The van der Waals surface area contributed by atoms with Crippen LogP contribution in [-0.2, 0) is 14.3 Å². The van der Waals surface area contributed by atoms with Crippen LogP contribution >= 0.6 is 0 Å². The van der Waals surface area contributed by atoms with E-state index in [0.29, 0.717) is 25.9 Å². The molecule has 2 aliphatic heterocycles. The number of hydrogen-bond donors (Lipinski definition) is 1. The molecule has 0 saturated carbocycles. The molecule has 2 aliphatic rings. The molecule has 7 nitrogen and oxygen atoms in total. The Morgan fingerprint density at radius 1 is 1.23 bits per heavy atom. The Bertz CT molecular complexity index is 463. The SMILES string of the molecule is CC(C)(C)OC(=O)N1CCC(N2C[C@H](C(=O)O)CC2=O)CC1. The number of rotatable bonds is 2. The molecule has 1 atom stereocenters. The number of piperidine rings is 1. The van der Waals surface area contributed by atoms with Gasteiger partial charge in [-0.15, -0.1) is 0 Å². The fourth-order valence-electron chi connectivity index (χ4n) is 2.94. The van der Waals surface area contributed by atoms with Crippen molar-refractivity contribution in [2.24, 2.45) is 5.92 Å². The number of carbonyl (C=O) groups is 3. The van der Waals surface area contributed by atoms with Gasteiger partial charge in [-0.3, -0.25) is 9.59 Å². The Kier molecular flexibility index (Phi) is 4.63. The monoisotopic (exact) mass is 312 g/mol. The van der Waals surface area contributed by atoms with Gasteiger partial charge in [-0.1, -0.05) is 0 Å². The second kappa shape index (κ2) is 6.14. The molecule has 0 bridgehead atoms. The minimum Gasteiger partial charge on any atom is -0.481 e. The summed E-state index contributed by atoms with van der Waals surface area (Å²) in [5, 5.41) is 9.02. The van der Waals surface area contributed by atoms with Crippen LogP contribution in [0.3, 0.4) is 0 Å². The molecule has 22 heavy (non-hydrogen) atoms. The number of carbonyl (C=O) groups excluding carboxylic acids is 2. The van der Waals surface area contributed by atoms with Crippen molar-refractivity contribution in [2.75, 3.05) is 19.6 Å². The second-order valence-corrected chi connectivity index (χ2v) is 6.98. The standard InChI is InChI=1S/C15H24N2O5/c1-15(2,3)22-14(21)16-6-4-11(5-7-16)17-9-10(13(19)20)8-12(17)18/h10-11H,4-9H2,1-3H3,(H,19,20)/t10-/m1/s1. The molecule has 0 spiro atoms. The third kappa shape index (κ3) is 3.90. The smallest absolute Gasteiger partial charge is 0.410 e. The lowest BCUT2D eigenvalue weighted by molar-refractivity contribution is -0.141. The lowest BCUT2D eigenvalue weighted by Gasteiger charge is -2.37. The van der Waals surface area contributed by atoms with Crippen LogP contribution in [0.5, 0.6) is 0 Å². The Hall–Kier alpha value is -1.79. The molecule has 124 valence electrons. The zero-order valence-electron chi connectivity index (χ0n) is 13.4. The third-order valence-corrected chi connectivity index (χ3v) is 4.06. The average molecular weight is 312 g/mol. The Morgan fingerprint density at radius 3 is 2.27 bits per heavy atom. The molecule has 0 aromatic rings. The largest absolute Gasteiger partial charge is 0.481 e. The highest BCUT2D eigenvalue weighted by atomic mass is 16.6. The van der Waals surface area contributed by atoms with Gasteiger partial charge in [0.25, 0.3) is 0 Å². The summed E-state index contributed by atoms with van der Waals surface area (Å²) in [6, 6.07) is 0.0236. The lowest BCUT2D eigenvalue weighted by atomic mass is 10.0. The number of carboxylic acid groups (broad SMARTS) is 1. The number of amides is 2. The van der Waals surface area contributed by atoms with Gasteiger partial charge in [-0.05, 0) is 33.6 Å². The zero-order chi connectivity index (χ0) is 16.5. The third-order valence-electron chi connectivity index (χ3n) is 4.06. The van der Waals surface area contributed by atoms with E-state index in [1.807, 2.05) is 20.8 Å². The molecule has 2 amide bonds. The first kappa shape index (κ1) is 16.6. The highest BCUT2D eigenvalue weighted by Crippen LogP contribution is 2.26. The van der Waals surface area contributed by atoms with Gasteiger partial charge in [0.15, 0.2) is 0 Å². The number of carboxylic acids is 1. The topological polar surface area (TPSA) is 87.2 Å². The van der Waals surface area contributed by atoms with Crippen LogP contribution in [0, 0.1) is 5.92 Å². The fourth-order valence-corrected chi connectivity index (χ4v) is 2.94. The van der Waals surface area contributed by atoms with Crippen LogP contribution < -0.4 is 0 Å². The van der Waals surface area contributed by atoms with E-state index in [1.54, 1.807) is 9.80 Å². The molecular weight excluding hydrogens is 288 g/mol. The number of nitrogens with zero attached hydrogens (tertiary/aromatic N) is 2. The van der Waals surface area contributed by atoms with E-state index >= 15 is 0 Å². The van der Waals surface area contributed by atoms with Gasteiger partial charge in [0.2, 0.25) is 5.91 Å². The summed E-state index contributed by atoms with van der Waals surface area (Å²) < 4.78 is 5.34. The number of ether oxygens (including phenoxy) is 1. The van der Waals surface area contributed by atoms with Crippen molar-refractivity contribution in [1.29, 1.82) is 0 Å². The summed E-state index contributed by atoms with van der Waals surface area (Å²) in [5.41, 5.74) is -0.520. The molecule has 0 aromatic carbocycles. The molecule has 2 fully saturated rings. The molecule has 0 aromatic heterocycles. The van der Waals surface area contributed by atoms with E-state index in [9.17, 15) is 14.4 Å². The molecule has 0 aliphatic carbocycles. The van der Waals surface area contributed by atoms with E-state index in [-0.39, 0.29) is 31.0 Å². The molecule has 2 heterocycles. The predicted octanol–water partition coefficient (Wildman–Crippen LogP) is 1.32. The Labute approximate surface area is 130 Å². The molecule has 2 saturated heterocycles. The van der Waals surface area contributed by atoms with E-state index in [2.05, 4.69) is 0 Å². The van der Waals surface area contributed by atoms with Crippen molar-refractivity contribution in [3.8, 4) is 0 Å². The van der Waals surface area contributed by atoms with Crippen molar-refractivity contribution < 1.29 is 24.2 Å². The number of hydrogen-bond acceptors (Lipinski definition) is 4. The van der Waals surface area contributed by atoms with Gasteiger partial charge in [-0.2, -0.15) is 0 Å². The summed E-state index contributed by atoms with van der Waals surface area (Å²) in [6.45, 7) is 6.82. The highest BCUT2D eigenvalue weighted by molar-refractivity contribution is 5.86. The van der Waals surface area contributed by atoms with Gasteiger partial charge in [0, 0.05) is 32.1 Å². The average Bonchev–Trinajstić information content (AvgIpc) is 2.79. The van der Waals surface area contributed by atoms with Crippen molar-refractivity contribution in [1.82, 2.24) is 9.80 Å². The van der Waals surface area contributed by atoms with Crippen LogP contribution in [0.4, 0.5) is 4.79 Å². The van der Waals surface area contributed by atoms with Gasteiger partial charge >= 0.3 is 12.1 Å². The Morgan fingerprint density at radius 2 is 1.82 bits per heavy atom. The van der Waals surface area contributed by atoms with Crippen LogP contribution in [0.1, 0.15) is 40.0 Å². The lowest BCUT2D eigenvalue weighted by Crippen LogP contribution is -2.48. The molecular formula is C15H24N2O5. The molecule has 0 radical (unpaired) electrons. The van der Waals surface area contributed by atoms with Crippen LogP contribution in [0.25, 0.3) is 0 Å². The zero-order valence-corrected chi connectivity index (χ0v) is 13.4. The molecule has 2 rings (SSSR count). The van der Waals surface area contributed by atoms with Gasteiger partial charge in [0.1, 0.15) is 5.60 Å². The molecule has 7 heteroatoms. The fraction of sp³-hybridized carbons (Fsp3) is 0.800. The quantitative estimate of drug-likeness (QED) is 0.831. The predicted molar refractivity (Wildman–Crippen MR) is 78.3 cm³/mol. The summed E-state index contributed by atoms with van der Waals surface area (Å²) in [4.78, 5) is 38.3. The van der Waals surface area contributed by atoms with Gasteiger partial charge < -0.3 is 19.6 Å². The van der Waals surface area contributed by atoms with Crippen LogP contribution in [0.15, 0.2) is 0 Å². The summed E-state index contributed by atoms with van der Waals surface area (Å²) in [7, 11) is 0. The first-order chi connectivity index (χ1) is 10.2. The maximum atomic E-state index is 12.0. The number of likely N-dealkylation sites (tertiary alicyclic amines) is 2. The maximum Gasteiger partial charge on any atom is 0.410 e. The normalized spacial score (nSPS) is 23.8. The second-order valence-electron chi connectivity index (χ2n) is 6.98. The minimum atomic E-state index is -0.915. The number of aliphatic carboxylic acids is 1. The Balaban J connectivity index is 1.86. The van der Waals surface area contributed by atoms with Crippen molar-refractivity contribution in [3.63, 3.8) is 0 Å². The van der Waals surface area contributed by atoms with Crippen LogP contribution in [0.2, 0.25) is 0 Å². The maximum absolute atomic E-state index is 12.0. The van der Waals surface area contributed by atoms with Gasteiger partial charge in [-0.25, -0.2) is 4.79 Å². The van der Waals surface area contributed by atoms with E-state index in [0.717, 1.165) is 0 Å². The van der Waals surface area contributed by atoms with E-state index < -0.39 is 17.5 Å². The van der Waals surface area contributed by atoms with Gasteiger partial charge in [0.05, 0.1) is 5.92 Å². The summed E-state index contributed by atoms with van der Waals surface area (Å²) >= 11 is 0. The van der Waals surface area contributed by atoms with Crippen molar-refractivity contribution in [2.45, 2.75) is 51.7 Å². The van der Waals surface area contributed by atoms with Crippen LogP contribution in [-0.4, -0.2) is 64.2 Å². The van der Waals surface area contributed by atoms with Crippen molar-refractivity contribution >= 4 is 18.0 Å². The molecule has 1 N–H and O–H groups in total. The summed E-state index contributed by atoms with van der Waals surface area (Å²) in [6.07, 6.45) is 1.08. The van der Waals surface area contributed by atoms with Crippen molar-refractivity contribution in [3.05, 3.63) is 0 Å². The minimum absolute atomic E-state index is 0.0236. The summed E-state index contributed by atoms with van der Waals surface area (Å²) in [5.74, 6) is -1.61.